The molecule has 4 nitrogen and oxygen atoms in total. The number of rotatable bonds is 5. The van der Waals surface area contributed by atoms with Gasteiger partial charge in [0.05, 0.1) is 13.2 Å². The number of hydrogen-bond acceptors (Lipinski definition) is 2. The highest BCUT2D eigenvalue weighted by molar-refractivity contribution is 5.27. The van der Waals surface area contributed by atoms with Gasteiger partial charge < -0.3 is 4.74 Å². The van der Waals surface area contributed by atoms with Gasteiger partial charge in [-0.05, 0) is 29.6 Å². The van der Waals surface area contributed by atoms with Crippen molar-refractivity contribution in [2.24, 2.45) is 5.11 Å². The zero-order chi connectivity index (χ0) is 10.2. The van der Waals surface area contributed by atoms with Crippen LogP contribution in [0.4, 0.5) is 0 Å². The van der Waals surface area contributed by atoms with Gasteiger partial charge in [0.25, 0.3) is 0 Å². The number of hydrogen-bond donors (Lipinski definition) is 0. The summed E-state index contributed by atoms with van der Waals surface area (Å²) in [6.45, 7) is 3.19. The molecular weight excluding hydrogens is 178 g/mol. The second-order valence-electron chi connectivity index (χ2n) is 2.88. The van der Waals surface area contributed by atoms with Gasteiger partial charge in [-0.15, -0.1) is 0 Å². The van der Waals surface area contributed by atoms with Crippen LogP contribution in [-0.4, -0.2) is 6.61 Å². The molecule has 0 aliphatic carbocycles. The fourth-order valence-corrected chi connectivity index (χ4v) is 1.02. The summed E-state index contributed by atoms with van der Waals surface area (Å²) < 4.78 is 5.41. The van der Waals surface area contributed by atoms with Gasteiger partial charge in [-0.25, -0.2) is 0 Å². The van der Waals surface area contributed by atoms with E-state index in [-0.39, 0.29) is 0 Å². The van der Waals surface area contributed by atoms with Crippen LogP contribution in [0.15, 0.2) is 29.4 Å². The Morgan fingerprint density at radius 3 is 2.64 bits per heavy atom. The normalized spacial score (nSPS) is 9.21. The lowest BCUT2D eigenvalue weighted by molar-refractivity contribution is 0.317. The van der Waals surface area contributed by atoms with Gasteiger partial charge in [-0.2, -0.15) is 0 Å². The van der Waals surface area contributed by atoms with Crippen LogP contribution in [0.3, 0.4) is 0 Å². The predicted molar refractivity (Wildman–Crippen MR) is 55.1 cm³/mol. The Morgan fingerprint density at radius 1 is 1.36 bits per heavy atom. The van der Waals surface area contributed by atoms with E-state index in [0.717, 1.165) is 24.3 Å². The molecule has 0 heterocycles. The van der Waals surface area contributed by atoms with E-state index < -0.39 is 0 Å². The van der Waals surface area contributed by atoms with Crippen molar-refractivity contribution in [3.05, 3.63) is 40.3 Å². The number of ether oxygens (including phenoxy) is 1. The van der Waals surface area contributed by atoms with Gasteiger partial charge in [0, 0.05) is 4.91 Å². The van der Waals surface area contributed by atoms with Crippen LogP contribution in [-0.2, 0) is 6.54 Å². The highest BCUT2D eigenvalue weighted by Gasteiger charge is 1.93. The van der Waals surface area contributed by atoms with Crippen LogP contribution in [0.5, 0.6) is 5.75 Å². The van der Waals surface area contributed by atoms with E-state index >= 15 is 0 Å². The topological polar surface area (TPSA) is 58.0 Å². The van der Waals surface area contributed by atoms with E-state index in [1.807, 2.05) is 24.3 Å². The molecule has 0 aliphatic heterocycles. The first-order chi connectivity index (χ1) is 6.86. The van der Waals surface area contributed by atoms with Crippen molar-refractivity contribution in [1.82, 2.24) is 0 Å². The molecule has 0 N–H and O–H groups in total. The summed E-state index contributed by atoms with van der Waals surface area (Å²) in [5, 5.41) is 3.47. The highest BCUT2D eigenvalue weighted by Crippen LogP contribution is 2.12. The summed E-state index contributed by atoms with van der Waals surface area (Å²) >= 11 is 0. The molecule has 1 rings (SSSR count). The van der Waals surface area contributed by atoms with Crippen LogP contribution in [0.2, 0.25) is 0 Å². The molecule has 0 amide bonds. The fourth-order valence-electron chi connectivity index (χ4n) is 1.02. The van der Waals surface area contributed by atoms with Gasteiger partial charge in [-0.1, -0.05) is 24.2 Å². The minimum atomic E-state index is 0.393. The highest BCUT2D eigenvalue weighted by atomic mass is 16.5. The summed E-state index contributed by atoms with van der Waals surface area (Å²) in [5.74, 6) is 0.858. The lowest BCUT2D eigenvalue weighted by Gasteiger charge is -2.04. The molecule has 0 bridgehead atoms. The van der Waals surface area contributed by atoms with E-state index in [9.17, 15) is 0 Å². The molecule has 1 aromatic carbocycles. The average molecular weight is 191 g/mol. The van der Waals surface area contributed by atoms with Gasteiger partial charge in [0.2, 0.25) is 0 Å². The number of benzene rings is 1. The maximum absolute atomic E-state index is 8.13. The third-order valence-corrected chi connectivity index (χ3v) is 1.71. The Hall–Kier alpha value is -1.67. The number of azide groups is 1. The van der Waals surface area contributed by atoms with Crippen LogP contribution >= 0.6 is 0 Å². The molecule has 0 aliphatic rings. The molecule has 0 spiro atoms. The Bertz CT molecular complexity index is 315. The summed E-state index contributed by atoms with van der Waals surface area (Å²) in [5.41, 5.74) is 9.12. The van der Waals surface area contributed by atoms with Crippen molar-refractivity contribution in [2.45, 2.75) is 19.9 Å². The quantitative estimate of drug-likeness (QED) is 0.400. The second-order valence-corrected chi connectivity index (χ2v) is 2.88. The van der Waals surface area contributed by atoms with Crippen LogP contribution in [0, 0.1) is 0 Å². The first-order valence-corrected chi connectivity index (χ1v) is 4.59. The molecule has 0 unspecified atom stereocenters. The average Bonchev–Trinajstić information content (AvgIpc) is 2.25. The van der Waals surface area contributed by atoms with Crippen molar-refractivity contribution in [1.29, 1.82) is 0 Å². The summed E-state index contributed by atoms with van der Waals surface area (Å²) in [6, 6.07) is 7.58. The van der Waals surface area contributed by atoms with E-state index in [1.165, 1.54) is 0 Å². The van der Waals surface area contributed by atoms with Crippen molar-refractivity contribution < 1.29 is 4.74 Å². The predicted octanol–water partition coefficient (Wildman–Crippen LogP) is 3.29. The molecule has 0 saturated heterocycles. The largest absolute Gasteiger partial charge is 0.494 e. The fraction of sp³-hybridized carbons (Fsp3) is 0.400. The second kappa shape index (κ2) is 5.89. The lowest BCUT2D eigenvalue weighted by atomic mass is 10.2. The van der Waals surface area contributed by atoms with E-state index in [0.29, 0.717) is 6.54 Å². The van der Waals surface area contributed by atoms with Crippen LogP contribution < -0.4 is 4.74 Å². The Morgan fingerprint density at radius 2 is 2.07 bits per heavy atom. The summed E-state index contributed by atoms with van der Waals surface area (Å²) in [4.78, 5) is 2.70. The van der Waals surface area contributed by atoms with Gasteiger partial charge in [-0.3, -0.25) is 0 Å². The molecule has 0 fully saturated rings. The zero-order valence-corrected chi connectivity index (χ0v) is 8.18. The first kappa shape index (κ1) is 10.4. The maximum Gasteiger partial charge on any atom is 0.119 e. The molecule has 74 valence electrons. The van der Waals surface area contributed by atoms with Crippen molar-refractivity contribution >= 4 is 0 Å². The minimum absolute atomic E-state index is 0.393. The van der Waals surface area contributed by atoms with Gasteiger partial charge in [0.15, 0.2) is 0 Å². The third kappa shape index (κ3) is 3.37. The molecule has 0 saturated carbocycles. The molecule has 4 heteroatoms. The number of nitrogens with zero attached hydrogens (tertiary/aromatic N) is 3. The summed E-state index contributed by atoms with van der Waals surface area (Å²) in [6.07, 6.45) is 1.00. The monoisotopic (exact) mass is 191 g/mol. The van der Waals surface area contributed by atoms with Crippen LogP contribution in [0.25, 0.3) is 10.4 Å². The van der Waals surface area contributed by atoms with E-state index in [1.54, 1.807) is 0 Å². The first-order valence-electron chi connectivity index (χ1n) is 4.59. The maximum atomic E-state index is 8.13. The van der Waals surface area contributed by atoms with Gasteiger partial charge in [0.1, 0.15) is 5.75 Å². The van der Waals surface area contributed by atoms with E-state index in [2.05, 4.69) is 16.9 Å². The molecule has 1 aromatic rings. The minimum Gasteiger partial charge on any atom is -0.494 e. The Balaban J connectivity index is 2.54. The molecule has 0 radical (unpaired) electrons. The van der Waals surface area contributed by atoms with Crippen molar-refractivity contribution in [2.75, 3.05) is 6.61 Å². The SMILES string of the molecule is CCCOc1ccc(CN=[N+]=[N-])cc1. The molecule has 0 aromatic heterocycles. The molecule has 14 heavy (non-hydrogen) atoms. The van der Waals surface area contributed by atoms with Gasteiger partial charge >= 0.3 is 0 Å². The summed E-state index contributed by atoms with van der Waals surface area (Å²) in [7, 11) is 0. The Labute approximate surface area is 83.1 Å². The molecule has 0 atom stereocenters. The van der Waals surface area contributed by atoms with Crippen molar-refractivity contribution in [3.63, 3.8) is 0 Å². The Kier molecular flexibility index (Phi) is 4.38. The standard InChI is InChI=1S/C10H13N3O/c1-2-7-14-10-5-3-9(4-6-10)8-12-13-11/h3-6H,2,7-8H2,1H3. The zero-order valence-electron chi connectivity index (χ0n) is 8.18. The van der Waals surface area contributed by atoms with E-state index in [4.69, 9.17) is 10.3 Å². The molecular formula is C10H13N3O. The smallest absolute Gasteiger partial charge is 0.119 e. The third-order valence-electron chi connectivity index (χ3n) is 1.71. The lowest BCUT2D eigenvalue weighted by Crippen LogP contribution is -1.94. The van der Waals surface area contributed by atoms with Crippen LogP contribution in [0.1, 0.15) is 18.9 Å². The van der Waals surface area contributed by atoms with Crippen molar-refractivity contribution in [3.8, 4) is 5.75 Å².